The van der Waals surface area contributed by atoms with Gasteiger partial charge >= 0.3 is 0 Å². The van der Waals surface area contributed by atoms with Crippen molar-refractivity contribution in [2.24, 2.45) is 0 Å². The summed E-state index contributed by atoms with van der Waals surface area (Å²) >= 11 is 0. The third-order valence-corrected chi connectivity index (χ3v) is 5.69. The summed E-state index contributed by atoms with van der Waals surface area (Å²) < 4.78 is 0. The Morgan fingerprint density at radius 3 is 1.45 bits per heavy atom. The molecule has 0 aliphatic heterocycles. The van der Waals surface area contributed by atoms with Crippen molar-refractivity contribution in [3.05, 3.63) is 90.5 Å². The topological polar surface area (TPSA) is 17.1 Å². The molecule has 0 aliphatic rings. The molecule has 0 atom stereocenters. The molecule has 3 rings (SSSR count). The van der Waals surface area contributed by atoms with Crippen LogP contribution in [-0.2, 0) is 10.9 Å². The third-order valence-electron chi connectivity index (χ3n) is 3.45. The summed E-state index contributed by atoms with van der Waals surface area (Å²) in [7, 11) is -0.147. The van der Waals surface area contributed by atoms with Crippen LogP contribution < -0.4 is 0 Å². The van der Waals surface area contributed by atoms with E-state index in [4.69, 9.17) is 0 Å². The minimum atomic E-state index is -0.147. The fraction of sp³-hybridized carbons (Fsp3) is 0.0500. The van der Waals surface area contributed by atoms with Crippen molar-refractivity contribution in [2.75, 3.05) is 0 Å². The summed E-state index contributed by atoms with van der Waals surface area (Å²) in [5.41, 5.74) is 0.758. The fourth-order valence-electron chi connectivity index (χ4n) is 2.35. The van der Waals surface area contributed by atoms with Crippen LogP contribution in [-0.4, -0.2) is 5.78 Å². The molecule has 0 spiro atoms. The minimum Gasteiger partial charge on any atom is -0.295 e. The Morgan fingerprint density at radius 2 is 1.05 bits per heavy atom. The number of hydrogen-bond donors (Lipinski definition) is 0. The lowest BCUT2D eigenvalue weighted by molar-refractivity contribution is 0.101. The lowest BCUT2D eigenvalue weighted by Gasteiger charge is -2.08. The summed E-state index contributed by atoms with van der Waals surface area (Å²) in [6.07, 6.45) is 0. The van der Waals surface area contributed by atoms with E-state index in [1.54, 1.807) is 6.92 Å². The summed E-state index contributed by atoms with van der Waals surface area (Å²) in [4.78, 5) is 15.3. The molecule has 0 saturated carbocycles. The van der Waals surface area contributed by atoms with Gasteiger partial charge in [-0.1, -0.05) is 36.4 Å². The molecule has 2 heteroatoms. The van der Waals surface area contributed by atoms with Crippen LogP contribution in [0.1, 0.15) is 17.3 Å². The molecular formula is C20H17OS+. The molecule has 22 heavy (non-hydrogen) atoms. The van der Waals surface area contributed by atoms with Gasteiger partial charge in [0.05, 0.1) is 10.9 Å². The smallest absolute Gasteiger partial charge is 0.166 e. The normalized spacial score (nSPS) is 10.6. The molecule has 0 aromatic heterocycles. The van der Waals surface area contributed by atoms with E-state index >= 15 is 0 Å². The van der Waals surface area contributed by atoms with Gasteiger partial charge in [-0.15, -0.1) is 0 Å². The van der Waals surface area contributed by atoms with Crippen LogP contribution in [0.4, 0.5) is 0 Å². The first-order valence-electron chi connectivity index (χ1n) is 7.21. The van der Waals surface area contributed by atoms with Gasteiger partial charge < -0.3 is 0 Å². The molecule has 108 valence electrons. The predicted octanol–water partition coefficient (Wildman–Crippen LogP) is 4.98. The van der Waals surface area contributed by atoms with Gasteiger partial charge in [-0.2, -0.15) is 0 Å². The highest BCUT2D eigenvalue weighted by molar-refractivity contribution is 7.97. The number of benzene rings is 3. The van der Waals surface area contributed by atoms with Crippen molar-refractivity contribution in [1.29, 1.82) is 0 Å². The van der Waals surface area contributed by atoms with Gasteiger partial charge in [0.15, 0.2) is 20.5 Å². The van der Waals surface area contributed by atoms with Crippen LogP contribution in [0.3, 0.4) is 0 Å². The predicted molar refractivity (Wildman–Crippen MR) is 91.5 cm³/mol. The molecule has 0 amide bonds. The monoisotopic (exact) mass is 305 g/mol. The van der Waals surface area contributed by atoms with Gasteiger partial charge in [-0.25, -0.2) is 0 Å². The second-order valence-electron chi connectivity index (χ2n) is 5.01. The van der Waals surface area contributed by atoms with E-state index in [-0.39, 0.29) is 16.7 Å². The lowest BCUT2D eigenvalue weighted by atomic mass is 10.2. The minimum absolute atomic E-state index is 0.103. The first kappa shape index (κ1) is 14.6. The van der Waals surface area contributed by atoms with Gasteiger partial charge in [0, 0.05) is 5.56 Å². The Bertz CT molecular complexity index is 709. The molecule has 0 heterocycles. The number of carbonyl (C=O) groups excluding carboxylic acids is 1. The second-order valence-corrected chi connectivity index (χ2v) is 7.04. The molecule has 0 aliphatic carbocycles. The highest BCUT2D eigenvalue weighted by Gasteiger charge is 2.28. The third kappa shape index (κ3) is 3.12. The van der Waals surface area contributed by atoms with Crippen molar-refractivity contribution in [3.8, 4) is 0 Å². The average Bonchev–Trinajstić information content (AvgIpc) is 2.57. The molecule has 0 bridgehead atoms. The second kappa shape index (κ2) is 6.63. The Balaban J connectivity index is 2.08. The van der Waals surface area contributed by atoms with E-state index in [1.165, 1.54) is 14.7 Å². The van der Waals surface area contributed by atoms with Gasteiger partial charge in [-0.05, 0) is 55.5 Å². The highest BCUT2D eigenvalue weighted by Crippen LogP contribution is 2.30. The quantitative estimate of drug-likeness (QED) is 0.490. The summed E-state index contributed by atoms with van der Waals surface area (Å²) in [6, 6.07) is 29.0. The van der Waals surface area contributed by atoms with Crippen LogP contribution in [0.2, 0.25) is 0 Å². The highest BCUT2D eigenvalue weighted by atomic mass is 32.2. The van der Waals surface area contributed by atoms with Crippen LogP contribution in [0.15, 0.2) is 99.6 Å². The molecule has 0 saturated heterocycles. The number of rotatable bonds is 4. The average molecular weight is 305 g/mol. The molecule has 3 aromatic rings. The Hall–Kier alpha value is -2.32. The molecule has 0 unspecified atom stereocenters. The summed E-state index contributed by atoms with van der Waals surface area (Å²) in [5.74, 6) is 0.103. The zero-order chi connectivity index (χ0) is 15.4. The molecule has 1 nitrogen and oxygen atoms in total. The molecule has 0 radical (unpaired) electrons. The molecule has 0 fully saturated rings. The van der Waals surface area contributed by atoms with Crippen LogP contribution >= 0.6 is 0 Å². The van der Waals surface area contributed by atoms with Crippen molar-refractivity contribution in [1.82, 2.24) is 0 Å². The maximum absolute atomic E-state index is 11.5. The van der Waals surface area contributed by atoms with Crippen molar-refractivity contribution < 1.29 is 4.79 Å². The Kier molecular flexibility index (Phi) is 4.40. The largest absolute Gasteiger partial charge is 0.295 e. The van der Waals surface area contributed by atoms with Crippen molar-refractivity contribution >= 4 is 16.7 Å². The molecule has 3 aromatic carbocycles. The first-order valence-corrected chi connectivity index (χ1v) is 8.43. The lowest BCUT2D eigenvalue weighted by Crippen LogP contribution is -2.05. The fourth-order valence-corrected chi connectivity index (χ4v) is 4.43. The number of carbonyl (C=O) groups is 1. The SMILES string of the molecule is CC(=O)c1ccc([S+](c2ccccc2)c2ccccc2)cc1. The van der Waals surface area contributed by atoms with E-state index in [1.807, 2.05) is 24.3 Å². The summed E-state index contributed by atoms with van der Waals surface area (Å²) in [5, 5.41) is 0. The van der Waals surface area contributed by atoms with E-state index < -0.39 is 0 Å². The summed E-state index contributed by atoms with van der Waals surface area (Å²) in [6.45, 7) is 1.60. The van der Waals surface area contributed by atoms with Gasteiger partial charge in [0.2, 0.25) is 0 Å². The van der Waals surface area contributed by atoms with Crippen LogP contribution in [0, 0.1) is 0 Å². The maximum atomic E-state index is 11.5. The molecular weight excluding hydrogens is 288 g/mol. The Morgan fingerprint density at radius 1 is 0.636 bits per heavy atom. The number of hydrogen-bond acceptors (Lipinski definition) is 1. The first-order chi connectivity index (χ1) is 10.8. The molecule has 0 N–H and O–H groups in total. The van der Waals surface area contributed by atoms with Gasteiger partial charge in [0.1, 0.15) is 0 Å². The maximum Gasteiger partial charge on any atom is 0.166 e. The van der Waals surface area contributed by atoms with Crippen molar-refractivity contribution in [2.45, 2.75) is 21.6 Å². The number of ketones is 1. The van der Waals surface area contributed by atoms with Gasteiger partial charge in [-0.3, -0.25) is 4.79 Å². The zero-order valence-electron chi connectivity index (χ0n) is 12.4. The van der Waals surface area contributed by atoms with E-state index in [2.05, 4.69) is 60.7 Å². The van der Waals surface area contributed by atoms with E-state index in [9.17, 15) is 4.79 Å². The van der Waals surface area contributed by atoms with Gasteiger partial charge in [0.25, 0.3) is 0 Å². The number of Topliss-reactive ketones (excluding diaryl/α,β-unsaturated/α-hetero) is 1. The Labute approximate surface area is 134 Å². The van der Waals surface area contributed by atoms with E-state index in [0.29, 0.717) is 0 Å². The zero-order valence-corrected chi connectivity index (χ0v) is 13.2. The standard InChI is InChI=1S/C20H17OS/c1-16(21)17-12-14-20(15-13-17)22(18-8-4-2-5-9-18)19-10-6-3-7-11-19/h2-15H,1H3/q+1. The van der Waals surface area contributed by atoms with Crippen LogP contribution in [0.5, 0.6) is 0 Å². The van der Waals surface area contributed by atoms with E-state index in [0.717, 1.165) is 5.56 Å². The van der Waals surface area contributed by atoms with Crippen molar-refractivity contribution in [3.63, 3.8) is 0 Å². The van der Waals surface area contributed by atoms with Crippen LogP contribution in [0.25, 0.3) is 0 Å².